The van der Waals surface area contributed by atoms with E-state index >= 15 is 0 Å². The molecule has 1 aliphatic rings. The van der Waals surface area contributed by atoms with Crippen LogP contribution in [0.5, 0.6) is 0 Å². The van der Waals surface area contributed by atoms with E-state index in [-0.39, 0.29) is 18.4 Å². The van der Waals surface area contributed by atoms with Gasteiger partial charge in [0.1, 0.15) is 0 Å². The van der Waals surface area contributed by atoms with Crippen LogP contribution in [-0.4, -0.2) is 36.3 Å². The van der Waals surface area contributed by atoms with Gasteiger partial charge in [-0.3, -0.25) is 9.59 Å². The van der Waals surface area contributed by atoms with Gasteiger partial charge in [-0.25, -0.2) is 0 Å². The molecular formula is C14H19N3O2. The maximum atomic E-state index is 12.4. The van der Waals surface area contributed by atoms with Gasteiger partial charge in [0.2, 0.25) is 5.91 Å². The molecule has 3 N–H and O–H groups in total. The first kappa shape index (κ1) is 13.5. The van der Waals surface area contributed by atoms with Gasteiger partial charge in [0.25, 0.3) is 5.91 Å². The molecule has 0 saturated carbocycles. The van der Waals surface area contributed by atoms with E-state index in [1.54, 1.807) is 18.2 Å². The molecule has 1 aromatic rings. The number of nitrogens with one attached hydrogen (secondary N) is 1. The molecule has 1 heterocycles. The Morgan fingerprint density at radius 2 is 2.00 bits per heavy atom. The highest BCUT2D eigenvalue weighted by molar-refractivity contribution is 5.99. The molecule has 1 aromatic carbocycles. The summed E-state index contributed by atoms with van der Waals surface area (Å²) < 4.78 is 0. The van der Waals surface area contributed by atoms with Crippen LogP contribution in [0.15, 0.2) is 18.2 Å². The van der Waals surface area contributed by atoms with E-state index in [4.69, 9.17) is 5.73 Å². The quantitative estimate of drug-likeness (QED) is 0.856. The van der Waals surface area contributed by atoms with Crippen LogP contribution >= 0.6 is 0 Å². The number of nitrogens with zero attached hydrogens (tertiary/aromatic N) is 1. The molecule has 0 radical (unpaired) electrons. The fourth-order valence-corrected chi connectivity index (χ4v) is 2.29. The number of nitrogens with two attached hydrogens (primary N) is 1. The van der Waals surface area contributed by atoms with Gasteiger partial charge in [0, 0.05) is 24.3 Å². The van der Waals surface area contributed by atoms with E-state index in [0.29, 0.717) is 11.3 Å². The summed E-state index contributed by atoms with van der Waals surface area (Å²) in [6.45, 7) is 3.41. The Kier molecular flexibility index (Phi) is 4.16. The third kappa shape index (κ3) is 2.93. The van der Waals surface area contributed by atoms with E-state index in [1.807, 2.05) is 11.8 Å². The van der Waals surface area contributed by atoms with Gasteiger partial charge in [-0.15, -0.1) is 0 Å². The van der Waals surface area contributed by atoms with Crippen LogP contribution in [-0.2, 0) is 4.79 Å². The van der Waals surface area contributed by atoms with Crippen molar-refractivity contribution in [1.82, 2.24) is 4.90 Å². The largest absolute Gasteiger partial charge is 0.339 e. The molecule has 102 valence electrons. The first-order chi connectivity index (χ1) is 9.13. The molecule has 1 saturated heterocycles. The lowest BCUT2D eigenvalue weighted by Gasteiger charge is -2.18. The highest BCUT2D eigenvalue weighted by atomic mass is 16.2. The first-order valence-corrected chi connectivity index (χ1v) is 6.52. The minimum Gasteiger partial charge on any atom is -0.339 e. The first-order valence-electron chi connectivity index (χ1n) is 6.52. The van der Waals surface area contributed by atoms with Crippen molar-refractivity contribution in [1.29, 1.82) is 0 Å². The second-order valence-electron chi connectivity index (χ2n) is 4.73. The Labute approximate surface area is 112 Å². The van der Waals surface area contributed by atoms with Gasteiger partial charge in [-0.05, 0) is 37.5 Å². The average molecular weight is 261 g/mol. The van der Waals surface area contributed by atoms with Crippen LogP contribution in [0, 0.1) is 6.92 Å². The number of benzene rings is 1. The topological polar surface area (TPSA) is 75.4 Å². The Bertz CT molecular complexity index is 493. The van der Waals surface area contributed by atoms with Crippen LogP contribution in [0.1, 0.15) is 28.8 Å². The van der Waals surface area contributed by atoms with Crippen molar-refractivity contribution in [2.75, 3.05) is 25.0 Å². The Balaban J connectivity index is 2.23. The average Bonchev–Trinajstić information content (AvgIpc) is 2.94. The molecule has 2 amide bonds. The number of rotatable bonds is 3. The van der Waals surface area contributed by atoms with Gasteiger partial charge in [0.15, 0.2) is 0 Å². The van der Waals surface area contributed by atoms with Crippen LogP contribution in [0.2, 0.25) is 0 Å². The number of carbonyl (C=O) groups excluding carboxylic acids is 2. The summed E-state index contributed by atoms with van der Waals surface area (Å²) in [7, 11) is 0. The summed E-state index contributed by atoms with van der Waals surface area (Å²) in [6.07, 6.45) is 2.13. The molecule has 5 heteroatoms. The lowest BCUT2D eigenvalue weighted by Crippen LogP contribution is -2.28. The standard InChI is InChI=1S/C14H19N3O2/c1-10-11(14(19)17-7-2-3-8-17)5-4-6-12(10)16-13(18)9-15/h4-6H,2-3,7-9,15H2,1H3,(H,16,18). The van der Waals surface area contributed by atoms with Gasteiger partial charge >= 0.3 is 0 Å². The molecule has 2 rings (SSSR count). The molecule has 0 unspecified atom stereocenters. The third-order valence-electron chi connectivity index (χ3n) is 3.42. The molecule has 0 aliphatic carbocycles. The molecule has 0 aromatic heterocycles. The number of hydrogen-bond acceptors (Lipinski definition) is 3. The highest BCUT2D eigenvalue weighted by Crippen LogP contribution is 2.22. The minimum atomic E-state index is -0.256. The maximum absolute atomic E-state index is 12.4. The summed E-state index contributed by atoms with van der Waals surface area (Å²) >= 11 is 0. The van der Waals surface area contributed by atoms with E-state index in [1.165, 1.54) is 0 Å². The van der Waals surface area contributed by atoms with Gasteiger partial charge in [-0.2, -0.15) is 0 Å². The van der Waals surface area contributed by atoms with Crippen molar-refractivity contribution < 1.29 is 9.59 Å². The Morgan fingerprint density at radius 3 is 2.63 bits per heavy atom. The van der Waals surface area contributed by atoms with E-state index < -0.39 is 0 Å². The highest BCUT2D eigenvalue weighted by Gasteiger charge is 2.21. The fourth-order valence-electron chi connectivity index (χ4n) is 2.29. The summed E-state index contributed by atoms with van der Waals surface area (Å²) in [5.41, 5.74) is 7.38. The Hall–Kier alpha value is -1.88. The van der Waals surface area contributed by atoms with Crippen LogP contribution in [0.3, 0.4) is 0 Å². The van der Waals surface area contributed by atoms with E-state index in [0.717, 1.165) is 31.5 Å². The van der Waals surface area contributed by atoms with Crippen molar-refractivity contribution in [3.8, 4) is 0 Å². The van der Waals surface area contributed by atoms with E-state index in [2.05, 4.69) is 5.32 Å². The SMILES string of the molecule is Cc1c(NC(=O)CN)cccc1C(=O)N1CCCC1. The van der Waals surface area contributed by atoms with Crippen molar-refractivity contribution in [2.45, 2.75) is 19.8 Å². The van der Waals surface area contributed by atoms with Crippen LogP contribution in [0.4, 0.5) is 5.69 Å². The lowest BCUT2D eigenvalue weighted by molar-refractivity contribution is -0.114. The third-order valence-corrected chi connectivity index (χ3v) is 3.42. The summed E-state index contributed by atoms with van der Waals surface area (Å²) in [5, 5.41) is 2.71. The summed E-state index contributed by atoms with van der Waals surface area (Å²) in [4.78, 5) is 25.6. The second-order valence-corrected chi connectivity index (χ2v) is 4.73. The van der Waals surface area contributed by atoms with Crippen molar-refractivity contribution in [3.05, 3.63) is 29.3 Å². The van der Waals surface area contributed by atoms with Crippen molar-refractivity contribution >= 4 is 17.5 Å². The number of amides is 2. The molecule has 5 nitrogen and oxygen atoms in total. The molecule has 0 spiro atoms. The van der Waals surface area contributed by atoms with Crippen LogP contribution < -0.4 is 11.1 Å². The zero-order chi connectivity index (χ0) is 13.8. The summed E-state index contributed by atoms with van der Waals surface area (Å²) in [5.74, 6) is -0.215. The minimum absolute atomic E-state index is 0.0406. The van der Waals surface area contributed by atoms with Crippen molar-refractivity contribution in [2.24, 2.45) is 5.73 Å². The molecule has 1 fully saturated rings. The summed E-state index contributed by atoms with van der Waals surface area (Å²) in [6, 6.07) is 5.36. The van der Waals surface area contributed by atoms with Crippen LogP contribution in [0.25, 0.3) is 0 Å². The molecular weight excluding hydrogens is 242 g/mol. The number of hydrogen-bond donors (Lipinski definition) is 2. The van der Waals surface area contributed by atoms with Crippen molar-refractivity contribution in [3.63, 3.8) is 0 Å². The molecule has 0 atom stereocenters. The van der Waals surface area contributed by atoms with E-state index in [9.17, 15) is 9.59 Å². The molecule has 1 aliphatic heterocycles. The lowest BCUT2D eigenvalue weighted by atomic mass is 10.1. The Morgan fingerprint density at radius 1 is 1.32 bits per heavy atom. The predicted octanol–water partition coefficient (Wildman–Crippen LogP) is 1.13. The number of likely N-dealkylation sites (tertiary alicyclic amines) is 1. The zero-order valence-corrected chi connectivity index (χ0v) is 11.1. The molecule has 19 heavy (non-hydrogen) atoms. The molecule has 0 bridgehead atoms. The fraction of sp³-hybridized carbons (Fsp3) is 0.429. The van der Waals surface area contributed by atoms with Gasteiger partial charge < -0.3 is 16.0 Å². The number of anilines is 1. The maximum Gasteiger partial charge on any atom is 0.254 e. The predicted molar refractivity (Wildman–Crippen MR) is 74.0 cm³/mol. The smallest absolute Gasteiger partial charge is 0.254 e. The normalized spacial score (nSPS) is 14.5. The number of carbonyl (C=O) groups is 2. The monoisotopic (exact) mass is 261 g/mol. The zero-order valence-electron chi connectivity index (χ0n) is 11.1. The van der Waals surface area contributed by atoms with Gasteiger partial charge in [-0.1, -0.05) is 6.07 Å². The van der Waals surface area contributed by atoms with Gasteiger partial charge in [0.05, 0.1) is 6.54 Å². The second kappa shape index (κ2) is 5.84.